The Morgan fingerprint density at radius 3 is 2.42 bits per heavy atom. The molecule has 0 bridgehead atoms. The molecule has 0 fully saturated rings. The van der Waals surface area contributed by atoms with E-state index in [9.17, 15) is 9.59 Å². The van der Waals surface area contributed by atoms with Crippen molar-refractivity contribution in [1.29, 1.82) is 0 Å². The molecule has 0 aromatic carbocycles. The van der Waals surface area contributed by atoms with Gasteiger partial charge in [0.15, 0.2) is 0 Å². The summed E-state index contributed by atoms with van der Waals surface area (Å²) in [6, 6.07) is -0.592. The molecule has 0 spiro atoms. The molecule has 0 unspecified atom stereocenters. The van der Waals surface area contributed by atoms with E-state index in [4.69, 9.17) is 15.2 Å². The molecule has 7 heteroatoms. The van der Waals surface area contributed by atoms with Crippen LogP contribution in [0.4, 0.5) is 0 Å². The molecule has 19 heavy (non-hydrogen) atoms. The second-order valence-electron chi connectivity index (χ2n) is 4.44. The van der Waals surface area contributed by atoms with Crippen molar-refractivity contribution in [3.05, 3.63) is 0 Å². The van der Waals surface area contributed by atoms with Gasteiger partial charge in [0.05, 0.1) is 32.4 Å². The Morgan fingerprint density at radius 1 is 1.16 bits per heavy atom. The predicted molar refractivity (Wildman–Crippen MR) is 71.5 cm³/mol. The van der Waals surface area contributed by atoms with Crippen LogP contribution >= 0.6 is 0 Å². The molecule has 7 nitrogen and oxygen atoms in total. The Labute approximate surface area is 114 Å². The van der Waals surface area contributed by atoms with Gasteiger partial charge in [-0.25, -0.2) is 0 Å². The molecule has 0 radical (unpaired) electrons. The van der Waals surface area contributed by atoms with Crippen molar-refractivity contribution in [3.8, 4) is 0 Å². The fourth-order valence-electron chi connectivity index (χ4n) is 1.16. The van der Waals surface area contributed by atoms with E-state index in [1.807, 2.05) is 13.8 Å². The summed E-state index contributed by atoms with van der Waals surface area (Å²) in [4.78, 5) is 22.9. The monoisotopic (exact) mass is 275 g/mol. The van der Waals surface area contributed by atoms with Crippen LogP contribution in [0.5, 0.6) is 0 Å². The van der Waals surface area contributed by atoms with E-state index >= 15 is 0 Å². The van der Waals surface area contributed by atoms with Crippen molar-refractivity contribution in [1.82, 2.24) is 10.6 Å². The zero-order chi connectivity index (χ0) is 14.7. The summed E-state index contributed by atoms with van der Waals surface area (Å²) >= 11 is 0. The van der Waals surface area contributed by atoms with Crippen LogP contribution in [0.2, 0.25) is 0 Å². The normalized spacial score (nSPS) is 12.3. The van der Waals surface area contributed by atoms with E-state index in [-0.39, 0.29) is 24.3 Å². The summed E-state index contributed by atoms with van der Waals surface area (Å²) in [6.45, 7) is 5.45. The highest BCUT2D eigenvalue weighted by Gasteiger charge is 2.17. The molecule has 0 saturated heterocycles. The van der Waals surface area contributed by atoms with Crippen molar-refractivity contribution in [2.24, 2.45) is 11.7 Å². The van der Waals surface area contributed by atoms with Crippen molar-refractivity contribution in [3.63, 3.8) is 0 Å². The van der Waals surface area contributed by atoms with Gasteiger partial charge in [-0.3, -0.25) is 9.59 Å². The average molecular weight is 275 g/mol. The van der Waals surface area contributed by atoms with Crippen molar-refractivity contribution < 1.29 is 19.1 Å². The maximum absolute atomic E-state index is 11.5. The number of hydrogen-bond donors (Lipinski definition) is 3. The highest BCUT2D eigenvalue weighted by atomic mass is 16.5. The lowest BCUT2D eigenvalue weighted by Gasteiger charge is -2.15. The molecular weight excluding hydrogens is 250 g/mol. The molecule has 0 aromatic rings. The number of hydrogen-bond acceptors (Lipinski definition) is 5. The van der Waals surface area contributed by atoms with Crippen LogP contribution in [0.3, 0.4) is 0 Å². The smallest absolute Gasteiger partial charge is 0.239 e. The molecule has 0 heterocycles. The summed E-state index contributed by atoms with van der Waals surface area (Å²) in [7, 11) is 1.59. The number of amides is 2. The van der Waals surface area contributed by atoms with E-state index in [0.717, 1.165) is 0 Å². The minimum absolute atomic E-state index is 0.0391. The van der Waals surface area contributed by atoms with Gasteiger partial charge in [0.1, 0.15) is 0 Å². The first-order valence-corrected chi connectivity index (χ1v) is 6.35. The number of carbonyl (C=O) groups is 2. The zero-order valence-electron chi connectivity index (χ0n) is 11.9. The van der Waals surface area contributed by atoms with Crippen LogP contribution in [-0.2, 0) is 19.1 Å². The molecule has 0 rings (SSSR count). The van der Waals surface area contributed by atoms with E-state index in [0.29, 0.717) is 26.4 Å². The maximum Gasteiger partial charge on any atom is 0.239 e. The van der Waals surface area contributed by atoms with Crippen LogP contribution in [0, 0.1) is 5.92 Å². The molecular formula is C12H25N3O4. The molecule has 0 aliphatic carbocycles. The highest BCUT2D eigenvalue weighted by Crippen LogP contribution is 1.97. The lowest BCUT2D eigenvalue weighted by atomic mass is 10.1. The predicted octanol–water partition coefficient (Wildman–Crippen LogP) is -1.13. The fraction of sp³-hybridized carbons (Fsp3) is 0.833. The Balaban J connectivity index is 3.57. The first-order chi connectivity index (χ1) is 8.99. The molecule has 0 aromatic heterocycles. The van der Waals surface area contributed by atoms with Gasteiger partial charge in [-0.2, -0.15) is 0 Å². The van der Waals surface area contributed by atoms with Crippen LogP contribution in [0.1, 0.15) is 13.8 Å². The minimum Gasteiger partial charge on any atom is -0.382 e. The third-order valence-electron chi connectivity index (χ3n) is 2.44. The summed E-state index contributed by atoms with van der Waals surface area (Å²) in [5, 5.41) is 5.11. The van der Waals surface area contributed by atoms with E-state index in [2.05, 4.69) is 10.6 Å². The van der Waals surface area contributed by atoms with Crippen LogP contribution < -0.4 is 16.4 Å². The molecule has 0 aliphatic heterocycles. The van der Waals surface area contributed by atoms with E-state index in [1.54, 1.807) is 7.11 Å². The van der Waals surface area contributed by atoms with Crippen LogP contribution in [-0.4, -0.2) is 57.9 Å². The quantitative estimate of drug-likeness (QED) is 0.438. The standard InChI is InChI=1S/C12H25N3O4/c1-9(2)11(13)12(17)15-8-10(16)14-4-5-19-7-6-18-3/h9,11H,4-8,13H2,1-3H3,(H,14,16)(H,15,17)/t11-/m0/s1. The zero-order valence-corrected chi connectivity index (χ0v) is 11.9. The second kappa shape index (κ2) is 10.7. The number of nitrogens with two attached hydrogens (primary N) is 1. The Morgan fingerprint density at radius 2 is 1.84 bits per heavy atom. The van der Waals surface area contributed by atoms with Crippen molar-refractivity contribution >= 4 is 11.8 Å². The fourth-order valence-corrected chi connectivity index (χ4v) is 1.16. The van der Waals surface area contributed by atoms with Gasteiger partial charge in [0, 0.05) is 13.7 Å². The lowest BCUT2D eigenvalue weighted by Crippen LogP contribution is -2.47. The molecule has 0 aliphatic rings. The van der Waals surface area contributed by atoms with Crippen molar-refractivity contribution in [2.45, 2.75) is 19.9 Å². The number of methoxy groups -OCH3 is 1. The first kappa shape index (κ1) is 17.8. The molecule has 2 amide bonds. The van der Waals surface area contributed by atoms with Gasteiger partial charge in [0.25, 0.3) is 0 Å². The SMILES string of the molecule is COCCOCCNC(=O)CNC(=O)[C@@H](N)C(C)C. The summed E-state index contributed by atoms with van der Waals surface area (Å²) in [5.41, 5.74) is 5.64. The number of nitrogens with one attached hydrogen (secondary N) is 2. The van der Waals surface area contributed by atoms with E-state index in [1.165, 1.54) is 0 Å². The van der Waals surface area contributed by atoms with E-state index < -0.39 is 6.04 Å². The highest BCUT2D eigenvalue weighted by molar-refractivity contribution is 5.87. The molecule has 1 atom stereocenters. The molecule has 4 N–H and O–H groups in total. The van der Waals surface area contributed by atoms with Crippen LogP contribution in [0.25, 0.3) is 0 Å². The Hall–Kier alpha value is -1.18. The summed E-state index contributed by atoms with van der Waals surface area (Å²) in [6.07, 6.45) is 0. The maximum atomic E-state index is 11.5. The Kier molecular flexibility index (Phi) is 10.1. The summed E-state index contributed by atoms with van der Waals surface area (Å²) < 4.78 is 9.98. The lowest BCUT2D eigenvalue weighted by molar-refractivity contribution is -0.127. The van der Waals surface area contributed by atoms with Crippen molar-refractivity contribution in [2.75, 3.05) is 40.0 Å². The van der Waals surface area contributed by atoms with Gasteiger partial charge < -0.3 is 25.8 Å². The topological polar surface area (TPSA) is 103 Å². The first-order valence-electron chi connectivity index (χ1n) is 6.35. The average Bonchev–Trinajstić information content (AvgIpc) is 2.38. The summed E-state index contributed by atoms with van der Waals surface area (Å²) in [5.74, 6) is -0.543. The third-order valence-corrected chi connectivity index (χ3v) is 2.44. The van der Waals surface area contributed by atoms with Gasteiger partial charge in [-0.1, -0.05) is 13.8 Å². The van der Waals surface area contributed by atoms with Crippen LogP contribution in [0.15, 0.2) is 0 Å². The van der Waals surface area contributed by atoms with Gasteiger partial charge in [-0.15, -0.1) is 0 Å². The minimum atomic E-state index is -0.592. The number of carbonyl (C=O) groups excluding carboxylic acids is 2. The van der Waals surface area contributed by atoms with Gasteiger partial charge in [0.2, 0.25) is 11.8 Å². The third kappa shape index (κ3) is 9.40. The number of rotatable bonds is 10. The van der Waals surface area contributed by atoms with Gasteiger partial charge >= 0.3 is 0 Å². The largest absolute Gasteiger partial charge is 0.382 e. The Bertz CT molecular complexity index is 272. The number of ether oxygens (including phenoxy) is 2. The second-order valence-corrected chi connectivity index (χ2v) is 4.44. The molecule has 112 valence electrons. The molecule has 0 saturated carbocycles. The van der Waals surface area contributed by atoms with Gasteiger partial charge in [-0.05, 0) is 5.92 Å².